The molecule has 0 aliphatic heterocycles. The highest BCUT2D eigenvalue weighted by atomic mass is 127. The average Bonchev–Trinajstić information content (AvgIpc) is 2.40. The SMILES string of the molecule is N#C/C(=C/c1ccc(O)c(I)c1)c1cccc(F)c1. The molecule has 0 atom stereocenters. The summed E-state index contributed by atoms with van der Waals surface area (Å²) >= 11 is 2.01. The Morgan fingerprint density at radius 3 is 2.68 bits per heavy atom. The van der Waals surface area contributed by atoms with Crippen LogP contribution >= 0.6 is 22.6 Å². The molecule has 2 aromatic carbocycles. The zero-order valence-electron chi connectivity index (χ0n) is 9.77. The van der Waals surface area contributed by atoms with Gasteiger partial charge in [-0.1, -0.05) is 18.2 Å². The molecule has 19 heavy (non-hydrogen) atoms. The van der Waals surface area contributed by atoms with E-state index < -0.39 is 0 Å². The van der Waals surface area contributed by atoms with Crippen molar-refractivity contribution in [1.29, 1.82) is 5.26 Å². The molecular weight excluding hydrogens is 356 g/mol. The number of allylic oxidation sites excluding steroid dienone is 1. The fraction of sp³-hybridized carbons (Fsp3) is 0. The lowest BCUT2D eigenvalue weighted by Gasteiger charge is -2.02. The molecule has 0 amide bonds. The van der Waals surface area contributed by atoms with E-state index in [0.717, 1.165) is 5.56 Å². The van der Waals surface area contributed by atoms with Crippen LogP contribution in [0.1, 0.15) is 11.1 Å². The van der Waals surface area contributed by atoms with Crippen molar-refractivity contribution in [3.05, 3.63) is 63.0 Å². The molecule has 1 N–H and O–H groups in total. The molecule has 2 rings (SSSR count). The van der Waals surface area contributed by atoms with Crippen LogP contribution in [-0.2, 0) is 0 Å². The lowest BCUT2D eigenvalue weighted by molar-refractivity contribution is 0.471. The lowest BCUT2D eigenvalue weighted by Crippen LogP contribution is -1.84. The Kier molecular flexibility index (Phi) is 4.17. The Morgan fingerprint density at radius 1 is 1.26 bits per heavy atom. The van der Waals surface area contributed by atoms with Crippen LogP contribution in [0.15, 0.2) is 42.5 Å². The molecule has 0 spiro atoms. The maximum atomic E-state index is 13.1. The monoisotopic (exact) mass is 365 g/mol. The van der Waals surface area contributed by atoms with Gasteiger partial charge < -0.3 is 5.11 Å². The van der Waals surface area contributed by atoms with E-state index in [1.54, 1.807) is 36.4 Å². The van der Waals surface area contributed by atoms with Gasteiger partial charge in [0.1, 0.15) is 11.6 Å². The van der Waals surface area contributed by atoms with E-state index >= 15 is 0 Å². The molecule has 0 aliphatic carbocycles. The number of nitrogens with zero attached hydrogens (tertiary/aromatic N) is 1. The van der Waals surface area contributed by atoms with E-state index in [1.165, 1.54) is 12.1 Å². The highest BCUT2D eigenvalue weighted by molar-refractivity contribution is 14.1. The van der Waals surface area contributed by atoms with Crippen molar-refractivity contribution in [3.63, 3.8) is 0 Å². The third-order valence-corrected chi connectivity index (χ3v) is 3.40. The number of halogens is 2. The molecule has 0 radical (unpaired) electrons. The first-order chi connectivity index (χ1) is 9.10. The third-order valence-electron chi connectivity index (χ3n) is 2.54. The summed E-state index contributed by atoms with van der Waals surface area (Å²) in [5.74, 6) is -0.180. The summed E-state index contributed by atoms with van der Waals surface area (Å²) < 4.78 is 13.8. The minimum atomic E-state index is -0.376. The van der Waals surface area contributed by atoms with E-state index in [4.69, 9.17) is 5.26 Å². The highest BCUT2D eigenvalue weighted by Crippen LogP contribution is 2.24. The summed E-state index contributed by atoms with van der Waals surface area (Å²) in [6, 6.07) is 13.0. The van der Waals surface area contributed by atoms with Crippen molar-refractivity contribution in [1.82, 2.24) is 0 Å². The molecule has 0 bridgehead atoms. The molecule has 0 aliphatic rings. The Hall–Kier alpha value is -1.87. The van der Waals surface area contributed by atoms with Crippen LogP contribution in [0.4, 0.5) is 4.39 Å². The van der Waals surface area contributed by atoms with Gasteiger partial charge in [-0.05, 0) is 64.1 Å². The summed E-state index contributed by atoms with van der Waals surface area (Å²) in [6.45, 7) is 0. The van der Waals surface area contributed by atoms with Gasteiger partial charge in [0.05, 0.1) is 15.2 Å². The van der Waals surface area contributed by atoms with Gasteiger partial charge in [-0.15, -0.1) is 0 Å². The second-order valence-electron chi connectivity index (χ2n) is 3.89. The van der Waals surface area contributed by atoms with Gasteiger partial charge in [-0.25, -0.2) is 4.39 Å². The summed E-state index contributed by atoms with van der Waals surface area (Å²) in [5.41, 5.74) is 1.69. The fourth-order valence-corrected chi connectivity index (χ4v) is 2.16. The number of aromatic hydroxyl groups is 1. The molecule has 0 saturated carbocycles. The van der Waals surface area contributed by atoms with Crippen molar-refractivity contribution < 1.29 is 9.50 Å². The molecule has 0 aromatic heterocycles. The van der Waals surface area contributed by atoms with Crippen LogP contribution in [0.3, 0.4) is 0 Å². The Balaban J connectivity index is 2.44. The maximum absolute atomic E-state index is 13.1. The van der Waals surface area contributed by atoms with Crippen LogP contribution in [-0.4, -0.2) is 5.11 Å². The van der Waals surface area contributed by atoms with Crippen molar-refractivity contribution >= 4 is 34.2 Å². The van der Waals surface area contributed by atoms with Gasteiger partial charge in [-0.2, -0.15) is 5.26 Å². The van der Waals surface area contributed by atoms with Crippen LogP contribution in [0.2, 0.25) is 0 Å². The molecule has 0 unspecified atom stereocenters. The molecule has 4 heteroatoms. The van der Waals surface area contributed by atoms with E-state index in [2.05, 4.69) is 6.07 Å². The Morgan fingerprint density at radius 2 is 2.05 bits per heavy atom. The number of nitriles is 1. The smallest absolute Gasteiger partial charge is 0.128 e. The van der Waals surface area contributed by atoms with Gasteiger partial charge >= 0.3 is 0 Å². The van der Waals surface area contributed by atoms with E-state index in [-0.39, 0.29) is 11.6 Å². The Bertz CT molecular complexity index is 689. The normalized spacial score (nSPS) is 11.1. The Labute approximate surface area is 124 Å². The molecule has 0 heterocycles. The number of phenols is 1. The summed E-state index contributed by atoms with van der Waals surface area (Å²) in [7, 11) is 0. The zero-order valence-corrected chi connectivity index (χ0v) is 11.9. The number of hydrogen-bond donors (Lipinski definition) is 1. The topological polar surface area (TPSA) is 44.0 Å². The van der Waals surface area contributed by atoms with Gasteiger partial charge in [0.2, 0.25) is 0 Å². The van der Waals surface area contributed by atoms with Crippen molar-refractivity contribution in [2.45, 2.75) is 0 Å². The number of phenolic OH excluding ortho intramolecular Hbond substituents is 1. The van der Waals surface area contributed by atoms with Crippen molar-refractivity contribution in [2.24, 2.45) is 0 Å². The number of rotatable bonds is 2. The minimum absolute atomic E-state index is 0.196. The predicted octanol–water partition coefficient (Wildman–Crippen LogP) is 4.20. The predicted molar refractivity (Wildman–Crippen MR) is 80.7 cm³/mol. The minimum Gasteiger partial charge on any atom is -0.507 e. The van der Waals surface area contributed by atoms with Gasteiger partial charge in [-0.3, -0.25) is 0 Å². The number of benzene rings is 2. The van der Waals surface area contributed by atoms with Gasteiger partial charge in [0.15, 0.2) is 0 Å². The highest BCUT2D eigenvalue weighted by Gasteiger charge is 2.04. The van der Waals surface area contributed by atoms with Crippen molar-refractivity contribution in [3.8, 4) is 11.8 Å². The standard InChI is InChI=1S/C15H9FINO/c16-13-3-1-2-11(8-13)12(9-18)6-10-4-5-15(19)14(17)7-10/h1-8,19H/b12-6-. The van der Waals surface area contributed by atoms with Crippen LogP contribution in [0.25, 0.3) is 11.6 Å². The van der Waals surface area contributed by atoms with Crippen molar-refractivity contribution in [2.75, 3.05) is 0 Å². The van der Waals surface area contributed by atoms with Crippen LogP contribution in [0.5, 0.6) is 5.75 Å². The quantitative estimate of drug-likeness (QED) is 0.493. The average molecular weight is 365 g/mol. The number of hydrogen-bond acceptors (Lipinski definition) is 2. The van der Waals surface area contributed by atoms with Gasteiger partial charge in [0.25, 0.3) is 0 Å². The third kappa shape index (κ3) is 3.32. The molecular formula is C15H9FINO. The first-order valence-electron chi connectivity index (χ1n) is 5.46. The van der Waals surface area contributed by atoms with Crippen LogP contribution < -0.4 is 0 Å². The first kappa shape index (κ1) is 13.6. The fourth-order valence-electron chi connectivity index (χ4n) is 1.62. The maximum Gasteiger partial charge on any atom is 0.128 e. The summed E-state index contributed by atoms with van der Waals surface area (Å²) in [6.07, 6.45) is 1.66. The van der Waals surface area contributed by atoms with E-state index in [0.29, 0.717) is 14.7 Å². The second kappa shape index (κ2) is 5.85. The first-order valence-corrected chi connectivity index (χ1v) is 6.54. The summed E-state index contributed by atoms with van der Waals surface area (Å²) in [4.78, 5) is 0. The molecule has 0 fully saturated rings. The molecule has 2 aromatic rings. The second-order valence-corrected chi connectivity index (χ2v) is 5.05. The molecule has 0 saturated heterocycles. The molecule has 94 valence electrons. The van der Waals surface area contributed by atoms with E-state index in [1.807, 2.05) is 22.6 Å². The largest absolute Gasteiger partial charge is 0.507 e. The summed E-state index contributed by atoms with van der Waals surface area (Å²) in [5, 5.41) is 18.6. The van der Waals surface area contributed by atoms with Gasteiger partial charge in [0, 0.05) is 0 Å². The lowest BCUT2D eigenvalue weighted by atomic mass is 10.0. The van der Waals surface area contributed by atoms with Crippen LogP contribution in [0, 0.1) is 20.7 Å². The molecule has 2 nitrogen and oxygen atoms in total. The van der Waals surface area contributed by atoms with E-state index in [9.17, 15) is 9.50 Å². The zero-order chi connectivity index (χ0) is 13.8.